The fraction of sp³-hybridized carbons (Fsp3) is 0.533. The Kier molecular flexibility index (Phi) is 4.70. The molecule has 0 bridgehead atoms. The van der Waals surface area contributed by atoms with Gasteiger partial charge in [-0.1, -0.05) is 37.1 Å². The maximum Gasteiger partial charge on any atom is 0.411 e. The van der Waals surface area contributed by atoms with Gasteiger partial charge in [-0.15, -0.1) is 0 Å². The highest BCUT2D eigenvalue weighted by Gasteiger charge is 2.25. The van der Waals surface area contributed by atoms with Crippen molar-refractivity contribution in [2.24, 2.45) is 5.92 Å². The number of anilines is 1. The van der Waals surface area contributed by atoms with Crippen LogP contribution in [0.25, 0.3) is 0 Å². The molecule has 1 aliphatic rings. The van der Waals surface area contributed by atoms with E-state index in [0.717, 1.165) is 24.8 Å². The van der Waals surface area contributed by atoms with Crippen LogP contribution in [-0.2, 0) is 4.74 Å². The second kappa shape index (κ2) is 6.29. The number of hydrogen-bond donors (Lipinski definition) is 1. The normalized spacial score (nSPS) is 22.9. The summed E-state index contributed by atoms with van der Waals surface area (Å²) in [6.45, 7) is 4.04. The van der Waals surface area contributed by atoms with Crippen molar-refractivity contribution < 1.29 is 9.53 Å². The van der Waals surface area contributed by atoms with Crippen LogP contribution in [0.2, 0.25) is 5.02 Å². The van der Waals surface area contributed by atoms with Crippen molar-refractivity contribution in [2.45, 2.75) is 45.6 Å². The largest absolute Gasteiger partial charge is 0.446 e. The van der Waals surface area contributed by atoms with Crippen molar-refractivity contribution >= 4 is 23.4 Å². The van der Waals surface area contributed by atoms with Crippen LogP contribution in [0.5, 0.6) is 0 Å². The number of benzene rings is 1. The van der Waals surface area contributed by atoms with E-state index in [9.17, 15) is 4.79 Å². The van der Waals surface area contributed by atoms with Crippen LogP contribution in [-0.4, -0.2) is 12.2 Å². The SMILES string of the molecule is Cc1cccc(Cl)c1NC(=O)OC1CCCCC1C. The Morgan fingerprint density at radius 1 is 1.37 bits per heavy atom. The summed E-state index contributed by atoms with van der Waals surface area (Å²) in [6, 6.07) is 5.52. The number of aryl methyl sites for hydroxylation is 1. The summed E-state index contributed by atoms with van der Waals surface area (Å²) in [5, 5.41) is 3.29. The van der Waals surface area contributed by atoms with Crippen LogP contribution in [0.3, 0.4) is 0 Å². The predicted molar refractivity (Wildman–Crippen MR) is 77.7 cm³/mol. The van der Waals surface area contributed by atoms with Gasteiger partial charge < -0.3 is 4.74 Å². The van der Waals surface area contributed by atoms with Crippen LogP contribution < -0.4 is 5.32 Å². The number of carbonyl (C=O) groups excluding carboxylic acids is 1. The molecule has 0 aliphatic heterocycles. The lowest BCUT2D eigenvalue weighted by atomic mass is 9.88. The predicted octanol–water partition coefficient (Wildman–Crippen LogP) is 4.78. The summed E-state index contributed by atoms with van der Waals surface area (Å²) < 4.78 is 5.51. The van der Waals surface area contributed by atoms with Crippen molar-refractivity contribution in [1.82, 2.24) is 0 Å². The minimum Gasteiger partial charge on any atom is -0.446 e. The average Bonchev–Trinajstić information content (AvgIpc) is 2.37. The Bertz CT molecular complexity index is 441. The molecule has 1 amide bonds. The van der Waals surface area contributed by atoms with E-state index in [0.29, 0.717) is 16.6 Å². The van der Waals surface area contributed by atoms with E-state index in [1.54, 1.807) is 6.07 Å². The summed E-state index contributed by atoms with van der Waals surface area (Å²) in [7, 11) is 0. The van der Waals surface area contributed by atoms with Crippen molar-refractivity contribution in [2.75, 3.05) is 5.32 Å². The topological polar surface area (TPSA) is 38.3 Å². The van der Waals surface area contributed by atoms with Crippen LogP contribution >= 0.6 is 11.6 Å². The number of hydrogen-bond acceptors (Lipinski definition) is 2. The number of para-hydroxylation sites is 1. The molecule has 0 saturated heterocycles. The summed E-state index contributed by atoms with van der Waals surface area (Å²) >= 11 is 6.07. The third-order valence-corrected chi connectivity index (χ3v) is 4.06. The first-order valence-corrected chi connectivity index (χ1v) is 7.18. The smallest absolute Gasteiger partial charge is 0.411 e. The standard InChI is InChI=1S/C15H20ClNO2/c1-10-6-3-4-9-13(10)19-15(18)17-14-11(2)7-5-8-12(14)16/h5,7-8,10,13H,3-4,6,9H2,1-2H3,(H,17,18). The molecule has 0 spiro atoms. The highest BCUT2D eigenvalue weighted by atomic mass is 35.5. The molecule has 1 aromatic rings. The molecular weight excluding hydrogens is 262 g/mol. The van der Waals surface area contributed by atoms with Gasteiger partial charge in [0, 0.05) is 0 Å². The Labute approximate surface area is 119 Å². The average molecular weight is 282 g/mol. The Morgan fingerprint density at radius 3 is 2.79 bits per heavy atom. The molecule has 1 aliphatic carbocycles. The number of amides is 1. The minimum atomic E-state index is -0.407. The molecule has 0 aromatic heterocycles. The van der Waals surface area contributed by atoms with Gasteiger partial charge in [-0.25, -0.2) is 4.79 Å². The lowest BCUT2D eigenvalue weighted by molar-refractivity contribution is 0.0524. The molecule has 4 heteroatoms. The molecule has 0 radical (unpaired) electrons. The van der Waals surface area contributed by atoms with Crippen LogP contribution in [0.15, 0.2) is 18.2 Å². The van der Waals surface area contributed by atoms with Crippen molar-refractivity contribution in [1.29, 1.82) is 0 Å². The number of halogens is 1. The van der Waals surface area contributed by atoms with Gasteiger partial charge >= 0.3 is 6.09 Å². The van der Waals surface area contributed by atoms with E-state index in [2.05, 4.69) is 12.2 Å². The number of carbonyl (C=O) groups is 1. The molecule has 3 nitrogen and oxygen atoms in total. The third-order valence-electron chi connectivity index (χ3n) is 3.74. The van der Waals surface area contributed by atoms with Gasteiger partial charge in [0.25, 0.3) is 0 Å². The second-order valence-electron chi connectivity index (χ2n) is 5.26. The molecule has 1 fully saturated rings. The first-order chi connectivity index (χ1) is 9.08. The van der Waals surface area contributed by atoms with Gasteiger partial charge in [0.2, 0.25) is 0 Å². The van der Waals surface area contributed by atoms with Crippen molar-refractivity contribution in [3.63, 3.8) is 0 Å². The van der Waals surface area contributed by atoms with Crippen molar-refractivity contribution in [3.8, 4) is 0 Å². The second-order valence-corrected chi connectivity index (χ2v) is 5.67. The molecule has 104 valence electrons. The van der Waals surface area contributed by atoms with E-state index in [-0.39, 0.29) is 6.10 Å². The van der Waals surface area contributed by atoms with E-state index in [4.69, 9.17) is 16.3 Å². The fourth-order valence-electron chi connectivity index (χ4n) is 2.52. The van der Waals surface area contributed by atoms with Gasteiger partial charge in [0.05, 0.1) is 10.7 Å². The van der Waals surface area contributed by atoms with Gasteiger partial charge in [-0.3, -0.25) is 5.32 Å². The Hall–Kier alpha value is -1.22. The fourth-order valence-corrected chi connectivity index (χ4v) is 2.79. The molecule has 2 atom stereocenters. The lowest BCUT2D eigenvalue weighted by Crippen LogP contribution is -2.30. The van der Waals surface area contributed by atoms with Gasteiger partial charge in [0.15, 0.2) is 0 Å². The highest BCUT2D eigenvalue weighted by molar-refractivity contribution is 6.33. The van der Waals surface area contributed by atoms with Crippen molar-refractivity contribution in [3.05, 3.63) is 28.8 Å². The summed E-state index contributed by atoms with van der Waals surface area (Å²) in [5.74, 6) is 0.437. The number of nitrogens with one attached hydrogen (secondary N) is 1. The molecule has 1 saturated carbocycles. The van der Waals surface area contributed by atoms with E-state index < -0.39 is 6.09 Å². The Morgan fingerprint density at radius 2 is 2.11 bits per heavy atom. The molecular formula is C15H20ClNO2. The summed E-state index contributed by atoms with van der Waals surface area (Å²) in [6.07, 6.45) is 4.06. The summed E-state index contributed by atoms with van der Waals surface area (Å²) in [4.78, 5) is 11.9. The molecule has 19 heavy (non-hydrogen) atoms. The number of rotatable bonds is 2. The third kappa shape index (κ3) is 3.63. The van der Waals surface area contributed by atoms with E-state index in [1.165, 1.54) is 6.42 Å². The molecule has 2 rings (SSSR count). The van der Waals surface area contributed by atoms with Crippen LogP contribution in [0.4, 0.5) is 10.5 Å². The maximum atomic E-state index is 11.9. The molecule has 1 aromatic carbocycles. The Balaban J connectivity index is 1.97. The number of ether oxygens (including phenoxy) is 1. The zero-order valence-electron chi connectivity index (χ0n) is 11.4. The maximum absolute atomic E-state index is 11.9. The van der Waals surface area contributed by atoms with Gasteiger partial charge in [-0.05, 0) is 43.7 Å². The first kappa shape index (κ1) is 14.2. The minimum absolute atomic E-state index is 0.0246. The molecule has 1 N–H and O–H groups in total. The van der Waals surface area contributed by atoms with Gasteiger partial charge in [0.1, 0.15) is 6.10 Å². The highest BCUT2D eigenvalue weighted by Crippen LogP contribution is 2.28. The monoisotopic (exact) mass is 281 g/mol. The van der Waals surface area contributed by atoms with Crippen LogP contribution in [0, 0.1) is 12.8 Å². The lowest BCUT2D eigenvalue weighted by Gasteiger charge is -2.28. The zero-order chi connectivity index (χ0) is 13.8. The van der Waals surface area contributed by atoms with Crippen LogP contribution in [0.1, 0.15) is 38.2 Å². The quantitative estimate of drug-likeness (QED) is 0.847. The van der Waals surface area contributed by atoms with E-state index in [1.807, 2.05) is 19.1 Å². The summed E-state index contributed by atoms with van der Waals surface area (Å²) in [5.41, 5.74) is 1.57. The van der Waals surface area contributed by atoms with Gasteiger partial charge in [-0.2, -0.15) is 0 Å². The molecule has 0 heterocycles. The van der Waals surface area contributed by atoms with E-state index >= 15 is 0 Å². The first-order valence-electron chi connectivity index (χ1n) is 6.80. The molecule has 2 unspecified atom stereocenters. The zero-order valence-corrected chi connectivity index (χ0v) is 12.2.